The molecule has 1 atom stereocenters. The number of aryl methyl sites for hydroxylation is 1. The van der Waals surface area contributed by atoms with E-state index in [1.165, 1.54) is 15.3 Å². The third kappa shape index (κ3) is 4.82. The number of imidazole rings is 1. The molecule has 0 aromatic carbocycles. The van der Waals surface area contributed by atoms with E-state index < -0.39 is 17.4 Å². The molecule has 1 fully saturated rings. The summed E-state index contributed by atoms with van der Waals surface area (Å²) in [4.78, 5) is 19.4. The molecule has 8 nitrogen and oxygen atoms in total. The predicted molar refractivity (Wildman–Crippen MR) is 117 cm³/mol. The van der Waals surface area contributed by atoms with E-state index >= 15 is 0 Å². The average Bonchev–Trinajstić information content (AvgIpc) is 3.33. The number of halogens is 3. The topological polar surface area (TPSA) is 70.1 Å². The SMILES string of the molecule is Cc1cn(-c2cc(C(F)(F)F)cc(N3CCO[C@H](C)C3)n2)c(=O)n1Cc1cnn(C(C)C)c1. The Balaban J connectivity index is 1.74. The molecule has 3 aromatic rings. The van der Waals surface area contributed by atoms with Gasteiger partial charge in [-0.05, 0) is 39.8 Å². The number of aromatic nitrogens is 5. The monoisotopic (exact) mass is 464 g/mol. The molecule has 1 saturated heterocycles. The molecule has 0 unspecified atom stereocenters. The molecule has 0 aliphatic carbocycles. The molecule has 0 saturated carbocycles. The number of nitrogens with zero attached hydrogens (tertiary/aromatic N) is 6. The number of hydrogen-bond donors (Lipinski definition) is 0. The fourth-order valence-electron chi connectivity index (χ4n) is 3.85. The lowest BCUT2D eigenvalue weighted by Gasteiger charge is -2.32. The predicted octanol–water partition coefficient (Wildman–Crippen LogP) is 3.41. The highest BCUT2D eigenvalue weighted by atomic mass is 19.4. The summed E-state index contributed by atoms with van der Waals surface area (Å²) in [6, 6.07) is 2.11. The minimum Gasteiger partial charge on any atom is -0.375 e. The van der Waals surface area contributed by atoms with Gasteiger partial charge in [0.1, 0.15) is 11.6 Å². The molecule has 3 aromatic heterocycles. The Kier molecular flexibility index (Phi) is 6.08. The summed E-state index contributed by atoms with van der Waals surface area (Å²) in [5, 5.41) is 4.29. The molecule has 1 aliphatic heterocycles. The van der Waals surface area contributed by atoms with Gasteiger partial charge in [0, 0.05) is 42.8 Å². The van der Waals surface area contributed by atoms with E-state index in [2.05, 4.69) is 10.1 Å². The number of pyridine rings is 1. The molecule has 4 heterocycles. The van der Waals surface area contributed by atoms with E-state index in [4.69, 9.17) is 4.74 Å². The maximum Gasteiger partial charge on any atom is 0.416 e. The summed E-state index contributed by atoms with van der Waals surface area (Å²) < 4.78 is 51.0. The molecule has 178 valence electrons. The van der Waals surface area contributed by atoms with Crippen LogP contribution < -0.4 is 10.6 Å². The highest BCUT2D eigenvalue weighted by molar-refractivity contribution is 5.48. The van der Waals surface area contributed by atoms with Gasteiger partial charge in [0.15, 0.2) is 0 Å². The van der Waals surface area contributed by atoms with E-state index in [1.807, 2.05) is 27.0 Å². The molecule has 33 heavy (non-hydrogen) atoms. The Hall–Kier alpha value is -3.08. The number of hydrogen-bond acceptors (Lipinski definition) is 5. The minimum absolute atomic E-state index is 0.0660. The first kappa shape index (κ1) is 23.1. The van der Waals surface area contributed by atoms with E-state index in [0.717, 1.165) is 17.7 Å². The zero-order chi connectivity index (χ0) is 23.9. The van der Waals surface area contributed by atoms with Gasteiger partial charge in [0.05, 0.1) is 31.0 Å². The molecular weight excluding hydrogens is 437 g/mol. The number of ether oxygens (including phenoxy) is 1. The second-order valence-electron chi connectivity index (χ2n) is 8.63. The van der Waals surface area contributed by atoms with E-state index in [0.29, 0.717) is 25.4 Å². The van der Waals surface area contributed by atoms with Gasteiger partial charge in [-0.15, -0.1) is 0 Å². The van der Waals surface area contributed by atoms with E-state index in [1.54, 1.807) is 22.7 Å². The second-order valence-corrected chi connectivity index (χ2v) is 8.63. The van der Waals surface area contributed by atoms with Crippen molar-refractivity contribution in [3.63, 3.8) is 0 Å². The molecule has 0 amide bonds. The van der Waals surface area contributed by atoms with Crippen molar-refractivity contribution in [1.82, 2.24) is 23.9 Å². The summed E-state index contributed by atoms with van der Waals surface area (Å²) in [5.41, 5.74) is 0.125. The Bertz CT molecular complexity index is 1190. The lowest BCUT2D eigenvalue weighted by Crippen LogP contribution is -2.41. The van der Waals surface area contributed by atoms with Gasteiger partial charge >= 0.3 is 11.9 Å². The average molecular weight is 464 g/mol. The van der Waals surface area contributed by atoms with Gasteiger partial charge in [-0.1, -0.05) is 0 Å². The highest BCUT2D eigenvalue weighted by Crippen LogP contribution is 2.33. The Morgan fingerprint density at radius 3 is 2.58 bits per heavy atom. The van der Waals surface area contributed by atoms with Crippen molar-refractivity contribution in [1.29, 1.82) is 0 Å². The molecule has 0 radical (unpaired) electrons. The molecule has 0 bridgehead atoms. The van der Waals surface area contributed by atoms with Crippen LogP contribution in [0.1, 0.15) is 43.6 Å². The van der Waals surface area contributed by atoms with Gasteiger partial charge in [0.25, 0.3) is 0 Å². The number of morpholine rings is 1. The molecule has 4 rings (SSSR count). The Morgan fingerprint density at radius 1 is 1.21 bits per heavy atom. The quantitative estimate of drug-likeness (QED) is 0.579. The van der Waals surface area contributed by atoms with Crippen LogP contribution in [0, 0.1) is 6.92 Å². The fourth-order valence-corrected chi connectivity index (χ4v) is 3.85. The van der Waals surface area contributed by atoms with Gasteiger partial charge in [-0.25, -0.2) is 9.78 Å². The molecule has 11 heteroatoms. The molecule has 0 N–H and O–H groups in total. The first-order chi connectivity index (χ1) is 15.5. The maximum absolute atomic E-state index is 13.7. The third-order valence-electron chi connectivity index (χ3n) is 5.64. The van der Waals surface area contributed by atoms with Crippen LogP contribution in [0.25, 0.3) is 5.82 Å². The first-order valence-electron chi connectivity index (χ1n) is 10.8. The Morgan fingerprint density at radius 2 is 1.94 bits per heavy atom. The Labute approximate surface area is 189 Å². The summed E-state index contributed by atoms with van der Waals surface area (Å²) in [7, 11) is 0. The van der Waals surface area contributed by atoms with Gasteiger partial charge < -0.3 is 9.64 Å². The van der Waals surface area contributed by atoms with Crippen LogP contribution in [0.2, 0.25) is 0 Å². The molecule has 1 aliphatic rings. The third-order valence-corrected chi connectivity index (χ3v) is 5.64. The van der Waals surface area contributed by atoms with E-state index in [-0.39, 0.29) is 30.3 Å². The smallest absolute Gasteiger partial charge is 0.375 e. The van der Waals surface area contributed by atoms with E-state index in [9.17, 15) is 18.0 Å². The summed E-state index contributed by atoms with van der Waals surface area (Å²) >= 11 is 0. The summed E-state index contributed by atoms with van der Waals surface area (Å²) in [6.07, 6.45) is 0.356. The largest absolute Gasteiger partial charge is 0.416 e. The van der Waals surface area contributed by atoms with Crippen LogP contribution in [0.15, 0.2) is 35.5 Å². The van der Waals surface area contributed by atoms with Gasteiger partial charge in [0.2, 0.25) is 0 Å². The summed E-state index contributed by atoms with van der Waals surface area (Å²) in [5.74, 6) is 0.106. The van der Waals surface area contributed by atoms with Crippen molar-refractivity contribution in [3.05, 3.63) is 58.0 Å². The van der Waals surface area contributed by atoms with Crippen LogP contribution >= 0.6 is 0 Å². The van der Waals surface area contributed by atoms with Crippen molar-refractivity contribution in [2.75, 3.05) is 24.6 Å². The number of rotatable bonds is 5. The van der Waals surface area contributed by atoms with Crippen LogP contribution in [0.3, 0.4) is 0 Å². The van der Waals surface area contributed by atoms with Crippen LogP contribution in [0.4, 0.5) is 19.0 Å². The van der Waals surface area contributed by atoms with Crippen LogP contribution in [-0.2, 0) is 17.5 Å². The number of alkyl halides is 3. The van der Waals surface area contributed by atoms with Crippen molar-refractivity contribution in [3.8, 4) is 5.82 Å². The standard InChI is InChI=1S/C22H27F3N6O2/c1-14(2)31-13-17(9-26-31)12-29-15(3)10-30(21(29)32)20-8-18(22(23,24)25)7-19(27-20)28-5-6-33-16(4)11-28/h7-10,13-14,16H,5-6,11-12H2,1-4H3/t16-/m1/s1. The van der Waals surface area contributed by atoms with Gasteiger partial charge in [-0.2, -0.15) is 18.3 Å². The minimum atomic E-state index is -4.57. The molecule has 0 spiro atoms. The lowest BCUT2D eigenvalue weighted by atomic mass is 10.2. The molecular formula is C22H27F3N6O2. The maximum atomic E-state index is 13.7. The lowest BCUT2D eigenvalue weighted by molar-refractivity contribution is -0.137. The number of anilines is 1. The van der Waals surface area contributed by atoms with Crippen LogP contribution in [-0.4, -0.2) is 49.7 Å². The summed E-state index contributed by atoms with van der Waals surface area (Å²) in [6.45, 7) is 9.09. The van der Waals surface area contributed by atoms with Crippen molar-refractivity contribution >= 4 is 5.82 Å². The van der Waals surface area contributed by atoms with Crippen LogP contribution in [0.5, 0.6) is 0 Å². The highest BCUT2D eigenvalue weighted by Gasteiger charge is 2.33. The van der Waals surface area contributed by atoms with Gasteiger partial charge in [-0.3, -0.25) is 13.8 Å². The normalized spacial score (nSPS) is 17.2. The fraction of sp³-hybridized carbons (Fsp3) is 0.500. The first-order valence-corrected chi connectivity index (χ1v) is 10.8. The van der Waals surface area contributed by atoms with Crippen molar-refractivity contribution in [2.24, 2.45) is 0 Å². The zero-order valence-electron chi connectivity index (χ0n) is 19.0. The zero-order valence-corrected chi connectivity index (χ0v) is 19.0. The second kappa shape index (κ2) is 8.69. The van der Waals surface area contributed by atoms with Crippen molar-refractivity contribution < 1.29 is 17.9 Å². The van der Waals surface area contributed by atoms with Crippen molar-refractivity contribution in [2.45, 2.75) is 52.6 Å².